The lowest BCUT2D eigenvalue weighted by Crippen LogP contribution is -2.52. The lowest BCUT2D eigenvalue weighted by molar-refractivity contribution is -0.0526. The third-order valence-corrected chi connectivity index (χ3v) is 11.2. The van der Waals surface area contributed by atoms with Gasteiger partial charge in [0.05, 0.1) is 17.8 Å². The monoisotopic (exact) mass is 462 g/mol. The van der Waals surface area contributed by atoms with Crippen LogP contribution in [0.15, 0.2) is 23.3 Å². The van der Waals surface area contributed by atoms with Gasteiger partial charge in [0.25, 0.3) is 0 Å². The molecule has 0 radical (unpaired) electrons. The number of unbranched alkanes of at least 4 members (excludes halogenated alkanes) is 1. The van der Waals surface area contributed by atoms with E-state index in [1.807, 2.05) is 13.8 Å². The normalized spacial score (nSPS) is 42.4. The summed E-state index contributed by atoms with van der Waals surface area (Å²) < 4.78 is 0. The van der Waals surface area contributed by atoms with Crippen LogP contribution in [-0.2, 0) is 0 Å². The van der Waals surface area contributed by atoms with E-state index < -0.39 is 17.8 Å². The van der Waals surface area contributed by atoms with E-state index in [9.17, 15) is 15.3 Å². The predicted molar refractivity (Wildman–Crippen MR) is 135 cm³/mol. The second-order valence-electron chi connectivity index (χ2n) is 12.4. The Kier molecular flexibility index (Phi) is 7.03. The molecule has 0 saturated heterocycles. The predicted octanol–water partition coefficient (Wildman–Crippen LogP) is 5.88. The second kappa shape index (κ2) is 9.06. The van der Waals surface area contributed by atoms with Crippen LogP contribution in [0, 0.1) is 28.6 Å². The van der Waals surface area contributed by atoms with Crippen molar-refractivity contribution in [1.29, 1.82) is 0 Å². The molecular weight excluding hydrogens is 416 g/mol. The Hall–Kier alpha value is -0.290. The molecule has 1 unspecified atom stereocenters. The first-order valence-electron chi connectivity index (χ1n) is 13.1. The molecule has 3 N–H and O–H groups in total. The summed E-state index contributed by atoms with van der Waals surface area (Å²) >= 11 is 2.15. The Balaban J connectivity index is 1.43. The summed E-state index contributed by atoms with van der Waals surface area (Å²) in [5.74, 6) is 3.02. The number of aliphatic hydroxyl groups is 3. The SMILES string of the molecule is CC(SCCCCC(C)(C)O)[C@H]1CC[C@H]2C3=CC=C4C[C@@H](O)C[C@H](O)[C@]4(C)[C@H]3CC[C@]12C. The lowest BCUT2D eigenvalue weighted by atomic mass is 9.49. The minimum Gasteiger partial charge on any atom is -0.393 e. The van der Waals surface area contributed by atoms with Crippen molar-refractivity contribution in [1.82, 2.24) is 0 Å². The van der Waals surface area contributed by atoms with E-state index in [2.05, 4.69) is 44.7 Å². The highest BCUT2D eigenvalue weighted by atomic mass is 32.2. The van der Waals surface area contributed by atoms with Crippen molar-refractivity contribution in [3.05, 3.63) is 23.3 Å². The molecule has 0 heterocycles. The van der Waals surface area contributed by atoms with Crippen LogP contribution in [0.3, 0.4) is 0 Å². The third-order valence-electron chi connectivity index (χ3n) is 9.85. The van der Waals surface area contributed by atoms with Gasteiger partial charge in [0.2, 0.25) is 0 Å². The third kappa shape index (κ3) is 4.39. The molecule has 0 aromatic carbocycles. The van der Waals surface area contributed by atoms with E-state index in [1.54, 1.807) is 5.57 Å². The number of hydrogen-bond acceptors (Lipinski definition) is 4. The quantitative estimate of drug-likeness (QED) is 0.414. The molecule has 4 aliphatic rings. The van der Waals surface area contributed by atoms with Gasteiger partial charge in [0, 0.05) is 17.1 Å². The standard InChI is InChI=1S/C28H46O3S/c1-18(32-15-7-6-13-26(2,3)31)22-10-11-23-21-9-8-19-16-20(29)17-25(30)28(19,5)24(21)12-14-27(22,23)4/h8-9,18,20,22-25,29-31H,6-7,10-17H2,1-5H3/t18?,20-,22-,23+,24+,25+,27-,28+/m1/s1. The maximum atomic E-state index is 11.1. The smallest absolute Gasteiger partial charge is 0.0661 e. The summed E-state index contributed by atoms with van der Waals surface area (Å²) in [7, 11) is 0. The number of thioether (sulfide) groups is 1. The molecule has 3 nitrogen and oxygen atoms in total. The minimum atomic E-state index is -0.538. The molecule has 8 atom stereocenters. The number of allylic oxidation sites excluding steroid dienone is 3. The van der Waals surface area contributed by atoms with Gasteiger partial charge < -0.3 is 15.3 Å². The maximum absolute atomic E-state index is 11.1. The van der Waals surface area contributed by atoms with Crippen molar-refractivity contribution in [2.75, 3.05) is 5.75 Å². The Labute approximate surface area is 200 Å². The second-order valence-corrected chi connectivity index (χ2v) is 13.9. The Bertz CT molecular complexity index is 752. The van der Waals surface area contributed by atoms with Crippen LogP contribution in [0.1, 0.15) is 92.4 Å². The van der Waals surface area contributed by atoms with Crippen LogP contribution in [0.25, 0.3) is 0 Å². The topological polar surface area (TPSA) is 60.7 Å². The highest BCUT2D eigenvalue weighted by molar-refractivity contribution is 7.99. The fourth-order valence-electron chi connectivity index (χ4n) is 7.90. The van der Waals surface area contributed by atoms with Crippen LogP contribution in [0.5, 0.6) is 0 Å². The number of hydrogen-bond donors (Lipinski definition) is 3. The van der Waals surface area contributed by atoms with Crippen LogP contribution in [0.4, 0.5) is 0 Å². The maximum Gasteiger partial charge on any atom is 0.0661 e. The molecule has 4 heteroatoms. The zero-order valence-electron chi connectivity index (χ0n) is 20.9. The van der Waals surface area contributed by atoms with E-state index >= 15 is 0 Å². The van der Waals surface area contributed by atoms with E-state index in [0.717, 1.165) is 25.2 Å². The van der Waals surface area contributed by atoms with Crippen molar-refractivity contribution in [3.8, 4) is 0 Å². The summed E-state index contributed by atoms with van der Waals surface area (Å²) in [6, 6.07) is 0. The first-order valence-corrected chi connectivity index (χ1v) is 14.1. The summed E-state index contributed by atoms with van der Waals surface area (Å²) in [4.78, 5) is 0. The Morgan fingerprint density at radius 2 is 1.84 bits per heavy atom. The van der Waals surface area contributed by atoms with Gasteiger partial charge in [0.1, 0.15) is 0 Å². The Morgan fingerprint density at radius 1 is 1.09 bits per heavy atom. The van der Waals surface area contributed by atoms with Gasteiger partial charge in [-0.15, -0.1) is 0 Å². The molecule has 32 heavy (non-hydrogen) atoms. The number of fused-ring (bicyclic) bond motifs is 5. The molecule has 0 bridgehead atoms. The minimum absolute atomic E-state index is 0.191. The molecule has 0 aromatic rings. The first-order chi connectivity index (χ1) is 15.0. The lowest BCUT2D eigenvalue weighted by Gasteiger charge is -2.56. The fraction of sp³-hybridized carbons (Fsp3) is 0.857. The van der Waals surface area contributed by atoms with Crippen LogP contribution in [0.2, 0.25) is 0 Å². The summed E-state index contributed by atoms with van der Waals surface area (Å²) in [6.45, 7) is 11.1. The van der Waals surface area contributed by atoms with E-state index in [4.69, 9.17) is 0 Å². The van der Waals surface area contributed by atoms with E-state index in [-0.39, 0.29) is 5.41 Å². The summed E-state index contributed by atoms with van der Waals surface area (Å²) in [5, 5.41) is 31.9. The van der Waals surface area contributed by atoms with Crippen LogP contribution in [-0.4, -0.2) is 44.1 Å². The van der Waals surface area contributed by atoms with Crippen LogP contribution < -0.4 is 0 Å². The molecule has 3 saturated carbocycles. The van der Waals surface area contributed by atoms with Gasteiger partial charge in [-0.3, -0.25) is 0 Å². The fourth-order valence-corrected chi connectivity index (χ4v) is 9.33. The average Bonchev–Trinajstić information content (AvgIpc) is 3.05. The molecule has 0 aromatic heterocycles. The van der Waals surface area contributed by atoms with Gasteiger partial charge in [-0.1, -0.05) is 44.1 Å². The van der Waals surface area contributed by atoms with Crippen molar-refractivity contribution in [2.45, 2.75) is 115 Å². The van der Waals surface area contributed by atoms with Crippen LogP contribution >= 0.6 is 11.8 Å². The molecule has 0 spiro atoms. The number of rotatable bonds is 7. The summed E-state index contributed by atoms with van der Waals surface area (Å²) in [5.41, 5.74) is 2.51. The highest BCUT2D eigenvalue weighted by Gasteiger charge is 2.58. The van der Waals surface area contributed by atoms with Gasteiger partial charge in [-0.25, -0.2) is 0 Å². The van der Waals surface area contributed by atoms with Gasteiger partial charge in [-0.05, 0) is 94.1 Å². The molecule has 0 amide bonds. The summed E-state index contributed by atoms with van der Waals surface area (Å²) in [6.07, 6.45) is 13.3. The van der Waals surface area contributed by atoms with Crippen molar-refractivity contribution in [3.63, 3.8) is 0 Å². The zero-order chi connectivity index (χ0) is 23.3. The average molecular weight is 463 g/mol. The Morgan fingerprint density at radius 3 is 2.56 bits per heavy atom. The zero-order valence-corrected chi connectivity index (χ0v) is 21.8. The van der Waals surface area contributed by atoms with Crippen molar-refractivity contribution in [2.24, 2.45) is 28.6 Å². The molecular formula is C28H46O3S. The highest BCUT2D eigenvalue weighted by Crippen LogP contribution is 2.66. The largest absolute Gasteiger partial charge is 0.393 e. The van der Waals surface area contributed by atoms with Gasteiger partial charge in [-0.2, -0.15) is 11.8 Å². The van der Waals surface area contributed by atoms with Crippen molar-refractivity contribution < 1.29 is 15.3 Å². The van der Waals surface area contributed by atoms with Crippen molar-refractivity contribution >= 4 is 11.8 Å². The molecule has 4 rings (SSSR count). The molecule has 182 valence electrons. The molecule has 0 aliphatic heterocycles. The van der Waals surface area contributed by atoms with E-state index in [0.29, 0.717) is 28.9 Å². The van der Waals surface area contributed by atoms with Gasteiger partial charge in [0.15, 0.2) is 0 Å². The van der Waals surface area contributed by atoms with Gasteiger partial charge >= 0.3 is 0 Å². The molecule has 3 fully saturated rings. The molecule has 4 aliphatic carbocycles. The van der Waals surface area contributed by atoms with E-state index in [1.165, 1.54) is 43.4 Å². The first kappa shape index (κ1) is 24.8. The number of aliphatic hydroxyl groups excluding tert-OH is 2.